The van der Waals surface area contributed by atoms with E-state index in [9.17, 15) is 0 Å². The van der Waals surface area contributed by atoms with Gasteiger partial charge < -0.3 is 10.2 Å². The molecule has 1 heterocycles. The van der Waals surface area contributed by atoms with E-state index in [0.717, 1.165) is 18.4 Å². The van der Waals surface area contributed by atoms with Crippen molar-refractivity contribution < 1.29 is 0 Å². The first kappa shape index (κ1) is 15.8. The lowest BCUT2D eigenvalue weighted by molar-refractivity contribution is 0.494. The Morgan fingerprint density at radius 2 is 1.95 bits per heavy atom. The predicted molar refractivity (Wildman–Crippen MR) is 91.4 cm³/mol. The van der Waals surface area contributed by atoms with Crippen LogP contribution in [0.4, 0.5) is 5.69 Å². The molecule has 0 spiro atoms. The molecule has 0 radical (unpaired) electrons. The summed E-state index contributed by atoms with van der Waals surface area (Å²) in [5.74, 6) is 1.58. The van der Waals surface area contributed by atoms with Gasteiger partial charge in [-0.2, -0.15) is 0 Å². The first-order valence-electron chi connectivity index (χ1n) is 7.80. The number of halogens is 1. The summed E-state index contributed by atoms with van der Waals surface area (Å²) < 4.78 is 1.22. The summed E-state index contributed by atoms with van der Waals surface area (Å²) in [6.07, 6.45) is 1.17. The number of nitrogens with zero attached hydrogens (tertiary/aromatic N) is 1. The topological polar surface area (TPSA) is 15.3 Å². The first-order valence-corrected chi connectivity index (χ1v) is 8.60. The molecule has 0 aromatic heterocycles. The van der Waals surface area contributed by atoms with Gasteiger partial charge >= 0.3 is 0 Å². The maximum atomic E-state index is 3.75. The number of nitrogens with one attached hydrogen (secondary N) is 1. The van der Waals surface area contributed by atoms with Crippen molar-refractivity contribution >= 4 is 21.6 Å². The number of anilines is 1. The molecule has 1 N–H and O–H groups in total. The van der Waals surface area contributed by atoms with Gasteiger partial charge in [-0.05, 0) is 49.4 Å². The summed E-state index contributed by atoms with van der Waals surface area (Å²) in [4.78, 5) is 2.51. The zero-order valence-electron chi connectivity index (χ0n) is 13.1. The van der Waals surface area contributed by atoms with Gasteiger partial charge in [0.05, 0.1) is 0 Å². The average Bonchev–Trinajstić information content (AvgIpc) is 2.76. The second-order valence-corrected chi connectivity index (χ2v) is 7.10. The van der Waals surface area contributed by atoms with Crippen molar-refractivity contribution in [3.8, 4) is 0 Å². The molecular weight excluding hydrogens is 312 g/mol. The lowest BCUT2D eigenvalue weighted by Gasteiger charge is -2.21. The number of rotatable bonds is 5. The molecule has 1 aromatic rings. The molecule has 112 valence electrons. The number of hydrogen-bond donors (Lipinski definition) is 1. The summed E-state index contributed by atoms with van der Waals surface area (Å²) in [7, 11) is 0. The van der Waals surface area contributed by atoms with Crippen LogP contribution < -0.4 is 10.2 Å². The third-order valence-electron chi connectivity index (χ3n) is 4.50. The van der Waals surface area contributed by atoms with Crippen molar-refractivity contribution in [2.24, 2.45) is 11.8 Å². The molecule has 3 atom stereocenters. The molecule has 1 aromatic carbocycles. The standard InChI is InChI=1S/C17H27BrN2/c1-5-8-19-14(4)16-7-6-15(9-17(16)18)20-10-12(2)13(3)11-20/h6-7,9,12-14,19H,5,8,10-11H2,1-4H3. The summed E-state index contributed by atoms with van der Waals surface area (Å²) in [6.45, 7) is 12.6. The van der Waals surface area contributed by atoms with Crippen molar-refractivity contribution in [1.82, 2.24) is 5.32 Å². The van der Waals surface area contributed by atoms with Crippen LogP contribution in [0.25, 0.3) is 0 Å². The minimum atomic E-state index is 0.398. The Morgan fingerprint density at radius 3 is 2.50 bits per heavy atom. The summed E-state index contributed by atoms with van der Waals surface area (Å²) >= 11 is 3.75. The third kappa shape index (κ3) is 3.56. The van der Waals surface area contributed by atoms with Crippen LogP contribution in [-0.4, -0.2) is 19.6 Å². The maximum absolute atomic E-state index is 3.75. The minimum absolute atomic E-state index is 0.398. The second-order valence-electron chi connectivity index (χ2n) is 6.24. The predicted octanol–water partition coefficient (Wildman–Crippen LogP) is 4.60. The van der Waals surface area contributed by atoms with Gasteiger partial charge in [-0.1, -0.05) is 42.8 Å². The third-order valence-corrected chi connectivity index (χ3v) is 5.19. The monoisotopic (exact) mass is 338 g/mol. The average molecular weight is 339 g/mol. The molecule has 3 heteroatoms. The lowest BCUT2D eigenvalue weighted by Crippen LogP contribution is -2.21. The molecule has 1 saturated heterocycles. The zero-order valence-corrected chi connectivity index (χ0v) is 14.7. The van der Waals surface area contributed by atoms with Gasteiger partial charge in [-0.3, -0.25) is 0 Å². The summed E-state index contributed by atoms with van der Waals surface area (Å²) in [6, 6.07) is 7.22. The van der Waals surface area contributed by atoms with E-state index >= 15 is 0 Å². The van der Waals surface area contributed by atoms with Gasteiger partial charge in [0.25, 0.3) is 0 Å². The van der Waals surface area contributed by atoms with E-state index in [0.29, 0.717) is 6.04 Å². The molecule has 0 amide bonds. The van der Waals surface area contributed by atoms with E-state index < -0.39 is 0 Å². The molecule has 2 rings (SSSR count). The summed E-state index contributed by atoms with van der Waals surface area (Å²) in [5.41, 5.74) is 2.70. The van der Waals surface area contributed by atoms with Gasteiger partial charge in [0, 0.05) is 29.3 Å². The molecule has 2 nitrogen and oxygen atoms in total. The fraction of sp³-hybridized carbons (Fsp3) is 0.647. The SMILES string of the molecule is CCCNC(C)c1ccc(N2CC(C)C(C)C2)cc1Br. The van der Waals surface area contributed by atoms with Crippen molar-refractivity contribution in [2.45, 2.75) is 40.2 Å². The highest BCUT2D eigenvalue weighted by molar-refractivity contribution is 9.10. The van der Waals surface area contributed by atoms with Gasteiger partial charge in [0.15, 0.2) is 0 Å². The fourth-order valence-corrected chi connectivity index (χ4v) is 3.59. The largest absolute Gasteiger partial charge is 0.371 e. The van der Waals surface area contributed by atoms with Gasteiger partial charge in [0.2, 0.25) is 0 Å². The molecule has 1 aliphatic heterocycles. The minimum Gasteiger partial charge on any atom is -0.371 e. The van der Waals surface area contributed by atoms with Crippen molar-refractivity contribution in [3.05, 3.63) is 28.2 Å². The normalized spacial score (nSPS) is 24.1. The Morgan fingerprint density at radius 1 is 1.30 bits per heavy atom. The smallest absolute Gasteiger partial charge is 0.0377 e. The quantitative estimate of drug-likeness (QED) is 0.843. The van der Waals surface area contributed by atoms with E-state index in [1.54, 1.807) is 0 Å². The van der Waals surface area contributed by atoms with Crippen molar-refractivity contribution in [3.63, 3.8) is 0 Å². The molecule has 1 aliphatic rings. The second kappa shape index (κ2) is 6.95. The first-order chi connectivity index (χ1) is 9.52. The van der Waals surface area contributed by atoms with E-state index in [1.165, 1.54) is 35.2 Å². The fourth-order valence-electron chi connectivity index (χ4n) is 2.88. The Kier molecular flexibility index (Phi) is 5.50. The van der Waals surface area contributed by atoms with E-state index in [1.807, 2.05) is 0 Å². The molecule has 0 bridgehead atoms. The van der Waals surface area contributed by atoms with Crippen LogP contribution in [0.2, 0.25) is 0 Å². The van der Waals surface area contributed by atoms with Crippen molar-refractivity contribution in [2.75, 3.05) is 24.5 Å². The highest BCUT2D eigenvalue weighted by Gasteiger charge is 2.26. The Bertz CT molecular complexity index is 437. The van der Waals surface area contributed by atoms with Crippen LogP contribution in [0.5, 0.6) is 0 Å². The van der Waals surface area contributed by atoms with Gasteiger partial charge in [-0.25, -0.2) is 0 Å². The van der Waals surface area contributed by atoms with Crippen molar-refractivity contribution in [1.29, 1.82) is 0 Å². The van der Waals surface area contributed by atoms with Crippen LogP contribution in [0.1, 0.15) is 45.7 Å². The molecule has 0 aliphatic carbocycles. The molecule has 20 heavy (non-hydrogen) atoms. The summed E-state index contributed by atoms with van der Waals surface area (Å²) in [5, 5.41) is 3.55. The highest BCUT2D eigenvalue weighted by Crippen LogP contribution is 2.32. The van der Waals surface area contributed by atoms with Gasteiger partial charge in [0.1, 0.15) is 0 Å². The van der Waals surface area contributed by atoms with Crippen LogP contribution in [0.3, 0.4) is 0 Å². The Hall–Kier alpha value is -0.540. The molecule has 0 saturated carbocycles. The Balaban J connectivity index is 2.10. The molecule has 3 unspecified atom stereocenters. The number of hydrogen-bond acceptors (Lipinski definition) is 2. The zero-order chi connectivity index (χ0) is 14.7. The van der Waals surface area contributed by atoms with E-state index in [2.05, 4.69) is 72.0 Å². The maximum Gasteiger partial charge on any atom is 0.0377 e. The van der Waals surface area contributed by atoms with Crippen LogP contribution in [-0.2, 0) is 0 Å². The molecular formula is C17H27BrN2. The van der Waals surface area contributed by atoms with Gasteiger partial charge in [-0.15, -0.1) is 0 Å². The Labute approximate surface area is 132 Å². The van der Waals surface area contributed by atoms with E-state index in [-0.39, 0.29) is 0 Å². The van der Waals surface area contributed by atoms with E-state index in [4.69, 9.17) is 0 Å². The number of benzene rings is 1. The van der Waals surface area contributed by atoms with Crippen LogP contribution >= 0.6 is 15.9 Å². The van der Waals surface area contributed by atoms with Crippen LogP contribution in [0, 0.1) is 11.8 Å². The van der Waals surface area contributed by atoms with Crippen LogP contribution in [0.15, 0.2) is 22.7 Å². The lowest BCUT2D eigenvalue weighted by atomic mass is 10.0. The highest BCUT2D eigenvalue weighted by atomic mass is 79.9. The molecule has 1 fully saturated rings.